The molecule has 0 spiro atoms. The predicted molar refractivity (Wildman–Crippen MR) is 77.0 cm³/mol. The lowest BCUT2D eigenvalue weighted by molar-refractivity contribution is -0.119. The number of benzene rings is 1. The number of carbonyl (C=O) groups is 1. The molecule has 5 nitrogen and oxygen atoms in total. The Balaban J connectivity index is 2.32. The van der Waals surface area contributed by atoms with Crippen molar-refractivity contribution in [3.63, 3.8) is 0 Å². The van der Waals surface area contributed by atoms with Gasteiger partial charge >= 0.3 is 0 Å². The number of hydrogen-bond acceptors (Lipinski definition) is 3. The first kappa shape index (κ1) is 15.0. The first-order valence-electron chi connectivity index (χ1n) is 6.63. The molecule has 0 radical (unpaired) electrons. The van der Waals surface area contributed by atoms with E-state index in [1.165, 1.54) is 4.31 Å². The van der Waals surface area contributed by atoms with Crippen molar-refractivity contribution in [2.24, 2.45) is 0 Å². The summed E-state index contributed by atoms with van der Waals surface area (Å²) < 4.78 is 26.8. The summed E-state index contributed by atoms with van der Waals surface area (Å²) in [5, 5.41) is 0. The van der Waals surface area contributed by atoms with Crippen LogP contribution in [0.2, 0.25) is 0 Å². The molecule has 0 aliphatic carbocycles. The summed E-state index contributed by atoms with van der Waals surface area (Å²) in [5.74, 6) is 0. The van der Waals surface area contributed by atoms with E-state index in [4.69, 9.17) is 0 Å². The van der Waals surface area contributed by atoms with Gasteiger partial charge in [0.1, 0.15) is 0 Å². The van der Waals surface area contributed by atoms with Crippen LogP contribution in [0.4, 0.5) is 0 Å². The molecule has 1 aliphatic rings. The third-order valence-electron chi connectivity index (χ3n) is 3.83. The highest BCUT2D eigenvalue weighted by Crippen LogP contribution is 2.24. The van der Waals surface area contributed by atoms with Crippen molar-refractivity contribution in [2.45, 2.75) is 25.7 Å². The molecule has 0 unspecified atom stereocenters. The minimum Gasteiger partial charge on any atom is -0.343 e. The molecule has 6 heteroatoms. The normalized spacial score (nSPS) is 17.2. The summed E-state index contributed by atoms with van der Waals surface area (Å²) in [6, 6.07) is 3.65. The second-order valence-electron chi connectivity index (χ2n) is 5.25. The largest absolute Gasteiger partial charge is 0.343 e. The molecule has 0 atom stereocenters. The molecule has 20 heavy (non-hydrogen) atoms. The highest BCUT2D eigenvalue weighted by atomic mass is 32.2. The molecule has 0 aromatic heterocycles. The maximum absolute atomic E-state index is 12.7. The molecular formula is C14H20N2O3S. The van der Waals surface area contributed by atoms with Gasteiger partial charge in [-0.15, -0.1) is 0 Å². The predicted octanol–water partition coefficient (Wildman–Crippen LogP) is 1.07. The maximum Gasteiger partial charge on any atom is 0.243 e. The second kappa shape index (κ2) is 5.54. The van der Waals surface area contributed by atoms with E-state index in [9.17, 15) is 13.2 Å². The van der Waals surface area contributed by atoms with Gasteiger partial charge in [0, 0.05) is 26.2 Å². The van der Waals surface area contributed by atoms with E-state index in [-0.39, 0.29) is 0 Å². The summed E-state index contributed by atoms with van der Waals surface area (Å²) in [6.07, 6.45) is 0.769. The standard InChI is InChI=1S/C14H20N2O3S/c1-11-8-13(3)14(9-12(11)2)20(18,19)16-6-4-15(10-17)5-7-16/h8-10H,4-7H2,1-3H3. The molecule has 110 valence electrons. The van der Waals surface area contributed by atoms with Gasteiger partial charge in [0.05, 0.1) is 4.90 Å². The molecule has 1 aliphatic heterocycles. The Labute approximate surface area is 120 Å². The minimum atomic E-state index is -3.47. The summed E-state index contributed by atoms with van der Waals surface area (Å²) in [7, 11) is -3.47. The monoisotopic (exact) mass is 296 g/mol. The van der Waals surface area contributed by atoms with Crippen molar-refractivity contribution in [1.29, 1.82) is 0 Å². The van der Waals surface area contributed by atoms with Gasteiger partial charge < -0.3 is 4.90 Å². The third kappa shape index (κ3) is 2.71. The molecule has 0 N–H and O–H groups in total. The molecule has 1 fully saturated rings. The zero-order chi connectivity index (χ0) is 14.9. The molecule has 1 amide bonds. The minimum absolute atomic E-state index is 0.355. The molecule has 0 bridgehead atoms. The average Bonchev–Trinajstić information content (AvgIpc) is 2.42. The molecule has 1 aromatic rings. The number of amides is 1. The van der Waals surface area contributed by atoms with E-state index in [2.05, 4.69) is 0 Å². The highest BCUT2D eigenvalue weighted by molar-refractivity contribution is 7.89. The topological polar surface area (TPSA) is 57.7 Å². The lowest BCUT2D eigenvalue weighted by Crippen LogP contribution is -2.48. The van der Waals surface area contributed by atoms with E-state index in [0.717, 1.165) is 23.1 Å². The van der Waals surface area contributed by atoms with E-state index in [1.807, 2.05) is 26.8 Å². The van der Waals surface area contributed by atoms with Crippen molar-refractivity contribution in [3.8, 4) is 0 Å². The van der Waals surface area contributed by atoms with Crippen molar-refractivity contribution in [1.82, 2.24) is 9.21 Å². The number of sulfonamides is 1. The summed E-state index contributed by atoms with van der Waals surface area (Å²) in [5.41, 5.74) is 2.83. The van der Waals surface area contributed by atoms with Crippen LogP contribution in [0.5, 0.6) is 0 Å². The van der Waals surface area contributed by atoms with Gasteiger partial charge in [-0.3, -0.25) is 4.79 Å². The van der Waals surface area contributed by atoms with E-state index in [0.29, 0.717) is 31.1 Å². The Morgan fingerprint density at radius 1 is 0.950 bits per heavy atom. The Morgan fingerprint density at radius 2 is 1.50 bits per heavy atom. The van der Waals surface area contributed by atoms with E-state index < -0.39 is 10.0 Å². The van der Waals surface area contributed by atoms with E-state index in [1.54, 1.807) is 11.0 Å². The van der Waals surface area contributed by atoms with Crippen LogP contribution < -0.4 is 0 Å². The number of nitrogens with zero attached hydrogens (tertiary/aromatic N) is 2. The highest BCUT2D eigenvalue weighted by Gasteiger charge is 2.29. The lowest BCUT2D eigenvalue weighted by atomic mass is 10.1. The zero-order valence-electron chi connectivity index (χ0n) is 12.1. The second-order valence-corrected chi connectivity index (χ2v) is 7.15. The average molecular weight is 296 g/mol. The van der Waals surface area contributed by atoms with Crippen LogP contribution in [-0.4, -0.2) is 50.2 Å². The molecular weight excluding hydrogens is 276 g/mol. The summed E-state index contributed by atoms with van der Waals surface area (Å²) in [4.78, 5) is 12.7. The van der Waals surface area contributed by atoms with E-state index >= 15 is 0 Å². The summed E-state index contributed by atoms with van der Waals surface area (Å²) in [6.45, 7) is 7.32. The Hall–Kier alpha value is -1.40. The number of hydrogen-bond donors (Lipinski definition) is 0. The van der Waals surface area contributed by atoms with Crippen LogP contribution in [0.15, 0.2) is 17.0 Å². The fourth-order valence-corrected chi connectivity index (χ4v) is 4.11. The Morgan fingerprint density at radius 3 is 2.05 bits per heavy atom. The van der Waals surface area contributed by atoms with Crippen molar-refractivity contribution < 1.29 is 13.2 Å². The molecule has 0 saturated carbocycles. The fourth-order valence-electron chi connectivity index (χ4n) is 2.40. The number of piperazine rings is 1. The maximum atomic E-state index is 12.7. The molecule has 1 aromatic carbocycles. The van der Waals surface area contributed by atoms with Crippen molar-refractivity contribution >= 4 is 16.4 Å². The number of rotatable bonds is 3. The van der Waals surface area contributed by atoms with Crippen molar-refractivity contribution in [2.75, 3.05) is 26.2 Å². The number of aryl methyl sites for hydroxylation is 3. The van der Waals surface area contributed by atoms with Gasteiger partial charge in [-0.05, 0) is 43.5 Å². The van der Waals surface area contributed by atoms with Gasteiger partial charge in [0.25, 0.3) is 0 Å². The van der Waals surface area contributed by atoms with Gasteiger partial charge in [-0.25, -0.2) is 8.42 Å². The third-order valence-corrected chi connectivity index (χ3v) is 5.87. The molecule has 1 heterocycles. The van der Waals surface area contributed by atoms with Gasteiger partial charge in [0.2, 0.25) is 16.4 Å². The van der Waals surface area contributed by atoms with Gasteiger partial charge in [-0.2, -0.15) is 4.31 Å². The smallest absolute Gasteiger partial charge is 0.243 e. The Bertz CT molecular complexity index is 618. The van der Waals surface area contributed by atoms with Crippen LogP contribution in [0, 0.1) is 20.8 Å². The molecule has 2 rings (SSSR count). The fraction of sp³-hybridized carbons (Fsp3) is 0.500. The van der Waals surface area contributed by atoms with Gasteiger partial charge in [-0.1, -0.05) is 6.07 Å². The van der Waals surface area contributed by atoms with Gasteiger partial charge in [0.15, 0.2) is 0 Å². The quantitative estimate of drug-likeness (QED) is 0.784. The molecule has 1 saturated heterocycles. The van der Waals surface area contributed by atoms with Crippen LogP contribution in [-0.2, 0) is 14.8 Å². The lowest BCUT2D eigenvalue weighted by Gasteiger charge is -2.32. The van der Waals surface area contributed by atoms with Crippen molar-refractivity contribution in [3.05, 3.63) is 28.8 Å². The van der Waals surface area contributed by atoms with Crippen LogP contribution in [0.1, 0.15) is 16.7 Å². The SMILES string of the molecule is Cc1cc(C)c(S(=O)(=O)N2CCN(C=O)CC2)cc1C. The summed E-state index contributed by atoms with van der Waals surface area (Å²) >= 11 is 0. The van der Waals surface area contributed by atoms with Crippen LogP contribution >= 0.6 is 0 Å². The number of carbonyl (C=O) groups excluding carboxylic acids is 1. The van der Waals surface area contributed by atoms with Crippen LogP contribution in [0.25, 0.3) is 0 Å². The van der Waals surface area contributed by atoms with Crippen LogP contribution in [0.3, 0.4) is 0 Å². The first-order chi connectivity index (χ1) is 9.36. The zero-order valence-corrected chi connectivity index (χ0v) is 12.9. The Kier molecular flexibility index (Phi) is 4.15. The first-order valence-corrected chi connectivity index (χ1v) is 8.07.